The predicted molar refractivity (Wildman–Crippen MR) is 70.3 cm³/mol. The standard InChI is InChI=1S/C14H18N2O3/c1-18-11-4-3-9(7-12(11)19-2)8-16-10-5-6-15-13(10)14(16)17/h3-4,7,10,13,15H,5-6,8H2,1-2H3/t10-,13+/m1/s1. The Kier molecular flexibility index (Phi) is 3.06. The number of likely N-dealkylation sites (tertiary alicyclic amines) is 1. The molecule has 1 N–H and O–H groups in total. The molecule has 19 heavy (non-hydrogen) atoms. The van der Waals surface area contributed by atoms with Crippen molar-refractivity contribution >= 4 is 5.91 Å². The van der Waals surface area contributed by atoms with Crippen LogP contribution in [0.5, 0.6) is 11.5 Å². The minimum Gasteiger partial charge on any atom is -0.493 e. The first-order chi connectivity index (χ1) is 9.24. The largest absolute Gasteiger partial charge is 0.493 e. The summed E-state index contributed by atoms with van der Waals surface area (Å²) in [6.45, 7) is 1.57. The Morgan fingerprint density at radius 2 is 2.11 bits per heavy atom. The second-order valence-electron chi connectivity index (χ2n) is 4.94. The minimum atomic E-state index is 0.0557. The number of fused-ring (bicyclic) bond motifs is 1. The van der Waals surface area contributed by atoms with E-state index in [9.17, 15) is 4.79 Å². The highest BCUT2D eigenvalue weighted by Crippen LogP contribution is 2.32. The molecule has 3 rings (SSSR count). The highest BCUT2D eigenvalue weighted by Gasteiger charge is 2.49. The third-order valence-corrected chi connectivity index (χ3v) is 3.94. The Balaban J connectivity index is 1.75. The number of rotatable bonds is 4. The van der Waals surface area contributed by atoms with Crippen molar-refractivity contribution in [1.29, 1.82) is 0 Å². The van der Waals surface area contributed by atoms with Gasteiger partial charge in [-0.3, -0.25) is 4.79 Å². The normalized spacial score (nSPS) is 24.9. The number of benzene rings is 1. The van der Waals surface area contributed by atoms with Crippen molar-refractivity contribution in [2.24, 2.45) is 0 Å². The zero-order valence-corrected chi connectivity index (χ0v) is 11.2. The molecular weight excluding hydrogens is 244 g/mol. The van der Waals surface area contributed by atoms with Crippen LogP contribution in [0.25, 0.3) is 0 Å². The van der Waals surface area contributed by atoms with Crippen molar-refractivity contribution in [1.82, 2.24) is 10.2 Å². The number of nitrogens with one attached hydrogen (secondary N) is 1. The van der Waals surface area contributed by atoms with Gasteiger partial charge < -0.3 is 19.7 Å². The topological polar surface area (TPSA) is 50.8 Å². The van der Waals surface area contributed by atoms with Gasteiger partial charge in [0.2, 0.25) is 5.91 Å². The van der Waals surface area contributed by atoms with Crippen LogP contribution >= 0.6 is 0 Å². The number of ether oxygens (including phenoxy) is 2. The molecule has 2 atom stereocenters. The summed E-state index contributed by atoms with van der Waals surface area (Å²) in [7, 11) is 3.23. The number of hydrogen-bond acceptors (Lipinski definition) is 4. The van der Waals surface area contributed by atoms with E-state index in [1.165, 1.54) is 0 Å². The van der Waals surface area contributed by atoms with Gasteiger partial charge in [0, 0.05) is 6.54 Å². The molecule has 1 aromatic carbocycles. The quantitative estimate of drug-likeness (QED) is 0.815. The molecule has 2 fully saturated rings. The molecule has 2 aliphatic rings. The first-order valence-corrected chi connectivity index (χ1v) is 6.49. The van der Waals surface area contributed by atoms with E-state index in [4.69, 9.17) is 9.47 Å². The van der Waals surface area contributed by atoms with Crippen LogP contribution in [-0.4, -0.2) is 43.7 Å². The third-order valence-electron chi connectivity index (χ3n) is 3.94. The maximum absolute atomic E-state index is 11.9. The molecule has 1 amide bonds. The molecule has 102 valence electrons. The second-order valence-corrected chi connectivity index (χ2v) is 4.94. The van der Waals surface area contributed by atoms with Gasteiger partial charge in [-0.15, -0.1) is 0 Å². The number of carbonyl (C=O) groups excluding carboxylic acids is 1. The summed E-state index contributed by atoms with van der Waals surface area (Å²) in [5, 5.41) is 3.23. The van der Waals surface area contributed by atoms with E-state index in [-0.39, 0.29) is 11.9 Å². The van der Waals surface area contributed by atoms with Crippen LogP contribution in [-0.2, 0) is 11.3 Å². The zero-order chi connectivity index (χ0) is 13.4. The van der Waals surface area contributed by atoms with Gasteiger partial charge in [-0.25, -0.2) is 0 Å². The molecule has 1 aromatic rings. The predicted octanol–water partition coefficient (Wildman–Crippen LogP) is 0.776. The van der Waals surface area contributed by atoms with Crippen LogP contribution in [0.1, 0.15) is 12.0 Å². The SMILES string of the molecule is COc1ccc(CN2C(=O)[C@H]3NCC[C@H]32)cc1OC. The number of amides is 1. The molecule has 0 bridgehead atoms. The lowest BCUT2D eigenvalue weighted by atomic mass is 9.95. The van der Waals surface area contributed by atoms with E-state index in [0.29, 0.717) is 24.1 Å². The molecule has 0 radical (unpaired) electrons. The Hall–Kier alpha value is -1.75. The smallest absolute Gasteiger partial charge is 0.242 e. The van der Waals surface area contributed by atoms with Gasteiger partial charge in [0.05, 0.1) is 20.3 Å². The molecule has 0 saturated carbocycles. The molecule has 0 aromatic heterocycles. The summed E-state index contributed by atoms with van der Waals surface area (Å²) in [5.74, 6) is 1.62. The lowest BCUT2D eigenvalue weighted by Gasteiger charge is -2.43. The monoisotopic (exact) mass is 262 g/mol. The average Bonchev–Trinajstić information content (AvgIpc) is 2.89. The number of hydrogen-bond donors (Lipinski definition) is 1. The van der Waals surface area contributed by atoms with Crippen molar-refractivity contribution < 1.29 is 14.3 Å². The highest BCUT2D eigenvalue weighted by atomic mass is 16.5. The van der Waals surface area contributed by atoms with Crippen LogP contribution in [0.4, 0.5) is 0 Å². The fourth-order valence-corrected chi connectivity index (χ4v) is 2.91. The van der Waals surface area contributed by atoms with Gasteiger partial charge in [-0.1, -0.05) is 6.07 Å². The summed E-state index contributed by atoms with van der Waals surface area (Å²) in [4.78, 5) is 13.9. The van der Waals surface area contributed by atoms with Crippen molar-refractivity contribution in [2.75, 3.05) is 20.8 Å². The van der Waals surface area contributed by atoms with E-state index in [1.54, 1.807) is 14.2 Å². The fourth-order valence-electron chi connectivity index (χ4n) is 2.91. The Bertz CT molecular complexity index is 503. The maximum atomic E-state index is 11.9. The summed E-state index contributed by atoms with van der Waals surface area (Å²) >= 11 is 0. The van der Waals surface area contributed by atoms with Crippen LogP contribution in [0, 0.1) is 0 Å². The van der Waals surface area contributed by atoms with Gasteiger partial charge >= 0.3 is 0 Å². The zero-order valence-electron chi connectivity index (χ0n) is 11.2. The van der Waals surface area contributed by atoms with E-state index < -0.39 is 0 Å². The Morgan fingerprint density at radius 1 is 1.32 bits per heavy atom. The first-order valence-electron chi connectivity index (χ1n) is 6.49. The van der Waals surface area contributed by atoms with Gasteiger partial charge in [0.1, 0.15) is 6.04 Å². The van der Waals surface area contributed by atoms with Crippen molar-refractivity contribution in [3.63, 3.8) is 0 Å². The summed E-state index contributed by atoms with van der Waals surface area (Å²) in [6.07, 6.45) is 1.05. The molecule has 2 saturated heterocycles. The van der Waals surface area contributed by atoms with Gasteiger partial charge in [-0.05, 0) is 30.7 Å². The second kappa shape index (κ2) is 4.74. The lowest BCUT2D eigenvalue weighted by Crippen LogP contribution is -2.64. The number of β-lactam (4-membered cyclic amide) rings is 1. The summed E-state index contributed by atoms with van der Waals surface area (Å²) in [6, 6.07) is 6.20. The number of carbonyl (C=O) groups is 1. The number of nitrogens with zero attached hydrogens (tertiary/aromatic N) is 1. The molecule has 0 aliphatic carbocycles. The fraction of sp³-hybridized carbons (Fsp3) is 0.500. The summed E-state index contributed by atoms with van der Waals surface area (Å²) < 4.78 is 10.5. The van der Waals surface area contributed by atoms with Crippen LogP contribution in [0.2, 0.25) is 0 Å². The van der Waals surface area contributed by atoms with Crippen molar-refractivity contribution in [3.8, 4) is 11.5 Å². The van der Waals surface area contributed by atoms with Crippen LogP contribution in [0.3, 0.4) is 0 Å². The van der Waals surface area contributed by atoms with E-state index >= 15 is 0 Å². The van der Waals surface area contributed by atoms with Crippen LogP contribution < -0.4 is 14.8 Å². The third kappa shape index (κ3) is 1.94. The van der Waals surface area contributed by atoms with Crippen LogP contribution in [0.15, 0.2) is 18.2 Å². The van der Waals surface area contributed by atoms with E-state index in [0.717, 1.165) is 18.5 Å². The maximum Gasteiger partial charge on any atom is 0.242 e. The summed E-state index contributed by atoms with van der Waals surface area (Å²) in [5.41, 5.74) is 1.07. The van der Waals surface area contributed by atoms with E-state index in [2.05, 4.69) is 5.32 Å². The van der Waals surface area contributed by atoms with Gasteiger partial charge in [0.25, 0.3) is 0 Å². The van der Waals surface area contributed by atoms with Gasteiger partial charge in [0.15, 0.2) is 11.5 Å². The van der Waals surface area contributed by atoms with Crippen molar-refractivity contribution in [3.05, 3.63) is 23.8 Å². The van der Waals surface area contributed by atoms with Gasteiger partial charge in [-0.2, -0.15) is 0 Å². The molecule has 2 aliphatic heterocycles. The first kappa shape index (κ1) is 12.3. The Labute approximate surface area is 112 Å². The lowest BCUT2D eigenvalue weighted by molar-refractivity contribution is -0.149. The molecule has 0 unspecified atom stereocenters. The molecule has 5 heteroatoms. The van der Waals surface area contributed by atoms with Crippen molar-refractivity contribution in [2.45, 2.75) is 25.0 Å². The molecule has 0 spiro atoms. The highest BCUT2D eigenvalue weighted by molar-refractivity contribution is 5.90. The minimum absolute atomic E-state index is 0.0557. The number of methoxy groups -OCH3 is 2. The molecule has 2 heterocycles. The molecule has 5 nitrogen and oxygen atoms in total. The molecular formula is C14H18N2O3. The van der Waals surface area contributed by atoms with E-state index in [1.807, 2.05) is 23.1 Å². The average molecular weight is 262 g/mol. The Morgan fingerprint density at radius 3 is 2.84 bits per heavy atom.